The molecule has 0 aromatic heterocycles. The van der Waals surface area contributed by atoms with Crippen molar-refractivity contribution in [1.29, 1.82) is 0 Å². The lowest BCUT2D eigenvalue weighted by Gasteiger charge is -2.14. The Morgan fingerprint density at radius 1 is 1.05 bits per heavy atom. The van der Waals surface area contributed by atoms with Gasteiger partial charge in [0.25, 0.3) is 0 Å². The quantitative estimate of drug-likeness (QED) is 0.805. The second-order valence-corrected chi connectivity index (χ2v) is 7.48. The van der Waals surface area contributed by atoms with Crippen LogP contribution in [0.25, 0.3) is 6.08 Å². The highest BCUT2D eigenvalue weighted by atomic mass is 79.9. The molecule has 3 nitrogen and oxygen atoms in total. The van der Waals surface area contributed by atoms with Gasteiger partial charge in [0.05, 0.1) is 0 Å². The van der Waals surface area contributed by atoms with E-state index in [4.69, 9.17) is 0 Å². The van der Waals surface area contributed by atoms with Crippen molar-refractivity contribution >= 4 is 32.0 Å². The summed E-state index contributed by atoms with van der Waals surface area (Å²) < 4.78 is 26.7. The van der Waals surface area contributed by atoms with Gasteiger partial charge in [0.15, 0.2) is 0 Å². The molecule has 110 valence electrons. The molecule has 0 amide bonds. The molecule has 0 saturated heterocycles. The SMILES string of the molecule is CN(Cc1ccc(Br)cc1)S(=O)(=O)/C=C/c1ccccc1. The minimum atomic E-state index is -3.43. The summed E-state index contributed by atoms with van der Waals surface area (Å²) in [6.45, 7) is 0.342. The Morgan fingerprint density at radius 3 is 2.29 bits per heavy atom. The van der Waals surface area contributed by atoms with Crippen LogP contribution in [0.2, 0.25) is 0 Å². The highest BCUT2D eigenvalue weighted by Gasteiger charge is 2.14. The summed E-state index contributed by atoms with van der Waals surface area (Å²) in [7, 11) is -1.85. The zero-order valence-corrected chi connectivity index (χ0v) is 14.0. The Hall–Kier alpha value is -1.43. The maximum atomic E-state index is 12.2. The van der Waals surface area contributed by atoms with Crippen LogP contribution in [0.4, 0.5) is 0 Å². The van der Waals surface area contributed by atoms with E-state index in [9.17, 15) is 8.42 Å². The van der Waals surface area contributed by atoms with Gasteiger partial charge in [-0.2, -0.15) is 4.31 Å². The summed E-state index contributed by atoms with van der Waals surface area (Å²) in [6.07, 6.45) is 1.60. The summed E-state index contributed by atoms with van der Waals surface area (Å²) in [5.74, 6) is 0. The van der Waals surface area contributed by atoms with Gasteiger partial charge in [-0.3, -0.25) is 0 Å². The van der Waals surface area contributed by atoms with E-state index in [0.29, 0.717) is 6.54 Å². The summed E-state index contributed by atoms with van der Waals surface area (Å²) in [6, 6.07) is 17.0. The molecule has 0 aliphatic heterocycles. The maximum Gasteiger partial charge on any atom is 0.236 e. The van der Waals surface area contributed by atoms with Gasteiger partial charge >= 0.3 is 0 Å². The topological polar surface area (TPSA) is 37.4 Å². The molecule has 0 bridgehead atoms. The Kier molecular flexibility index (Phi) is 5.33. The smallest absolute Gasteiger partial charge is 0.208 e. The Balaban J connectivity index is 2.08. The first-order chi connectivity index (χ1) is 9.97. The van der Waals surface area contributed by atoms with Gasteiger partial charge in [0, 0.05) is 23.5 Å². The molecule has 0 atom stereocenters. The lowest BCUT2D eigenvalue weighted by Crippen LogP contribution is -2.24. The first-order valence-corrected chi connectivity index (χ1v) is 8.71. The van der Waals surface area contributed by atoms with Crippen LogP contribution in [0.3, 0.4) is 0 Å². The van der Waals surface area contributed by atoms with Gasteiger partial charge in [0.2, 0.25) is 10.0 Å². The number of halogens is 1. The fourth-order valence-electron chi connectivity index (χ4n) is 1.77. The molecule has 0 radical (unpaired) electrons. The zero-order chi connectivity index (χ0) is 15.3. The second-order valence-electron chi connectivity index (χ2n) is 4.64. The summed E-state index contributed by atoms with van der Waals surface area (Å²) in [5.41, 5.74) is 1.80. The van der Waals surface area contributed by atoms with Crippen LogP contribution in [0, 0.1) is 0 Å². The molecular formula is C16H16BrNO2S. The van der Waals surface area contributed by atoms with E-state index in [2.05, 4.69) is 15.9 Å². The molecule has 2 rings (SSSR count). The van der Waals surface area contributed by atoms with Crippen molar-refractivity contribution in [1.82, 2.24) is 4.31 Å². The highest BCUT2D eigenvalue weighted by Crippen LogP contribution is 2.14. The normalized spacial score (nSPS) is 12.1. The number of hydrogen-bond donors (Lipinski definition) is 0. The summed E-state index contributed by atoms with van der Waals surface area (Å²) >= 11 is 3.36. The third-order valence-corrected chi connectivity index (χ3v) is 4.99. The molecule has 0 aliphatic carbocycles. The van der Waals surface area contributed by atoms with Gasteiger partial charge in [-0.25, -0.2) is 8.42 Å². The number of benzene rings is 2. The molecular weight excluding hydrogens is 350 g/mol. The average molecular weight is 366 g/mol. The van der Waals surface area contributed by atoms with E-state index in [1.165, 1.54) is 9.71 Å². The number of nitrogens with zero attached hydrogens (tertiary/aromatic N) is 1. The molecule has 5 heteroatoms. The van der Waals surface area contributed by atoms with Crippen LogP contribution in [-0.4, -0.2) is 19.8 Å². The Bertz CT molecular complexity index is 710. The van der Waals surface area contributed by atoms with E-state index in [1.54, 1.807) is 13.1 Å². The number of rotatable bonds is 5. The van der Waals surface area contributed by atoms with E-state index < -0.39 is 10.0 Å². The van der Waals surface area contributed by atoms with Gasteiger partial charge in [-0.05, 0) is 29.3 Å². The fraction of sp³-hybridized carbons (Fsp3) is 0.125. The van der Waals surface area contributed by atoms with Crippen molar-refractivity contribution in [2.45, 2.75) is 6.54 Å². The minimum Gasteiger partial charge on any atom is -0.208 e. The highest BCUT2D eigenvalue weighted by molar-refractivity contribution is 9.10. The van der Waals surface area contributed by atoms with Crippen LogP contribution in [0.15, 0.2) is 64.5 Å². The molecule has 21 heavy (non-hydrogen) atoms. The first kappa shape index (κ1) is 15.9. The predicted octanol–water partition coefficient (Wildman–Crippen LogP) is 3.88. The largest absolute Gasteiger partial charge is 0.236 e. The second kappa shape index (κ2) is 7.02. The molecule has 0 heterocycles. The molecule has 0 aliphatic rings. The maximum absolute atomic E-state index is 12.2. The van der Waals surface area contributed by atoms with Crippen LogP contribution in [0.5, 0.6) is 0 Å². The van der Waals surface area contributed by atoms with Gasteiger partial charge < -0.3 is 0 Å². The minimum absolute atomic E-state index is 0.342. The van der Waals surface area contributed by atoms with Crippen LogP contribution >= 0.6 is 15.9 Å². The number of sulfonamides is 1. The van der Waals surface area contributed by atoms with E-state index in [0.717, 1.165) is 15.6 Å². The summed E-state index contributed by atoms with van der Waals surface area (Å²) in [5, 5.41) is 1.24. The van der Waals surface area contributed by atoms with Crippen molar-refractivity contribution in [2.24, 2.45) is 0 Å². The van der Waals surface area contributed by atoms with Gasteiger partial charge in [-0.15, -0.1) is 0 Å². The van der Waals surface area contributed by atoms with Gasteiger partial charge in [-0.1, -0.05) is 58.4 Å². The van der Waals surface area contributed by atoms with Crippen molar-refractivity contribution in [2.75, 3.05) is 7.05 Å². The summed E-state index contributed by atoms with van der Waals surface area (Å²) in [4.78, 5) is 0. The monoisotopic (exact) mass is 365 g/mol. The molecule has 2 aromatic carbocycles. The third-order valence-electron chi connectivity index (χ3n) is 2.98. The van der Waals surface area contributed by atoms with Crippen molar-refractivity contribution in [3.05, 3.63) is 75.6 Å². The van der Waals surface area contributed by atoms with Crippen LogP contribution in [0.1, 0.15) is 11.1 Å². The molecule has 2 aromatic rings. The number of hydrogen-bond acceptors (Lipinski definition) is 2. The van der Waals surface area contributed by atoms with E-state index in [1.807, 2.05) is 54.6 Å². The predicted molar refractivity (Wildman–Crippen MR) is 90.0 cm³/mol. The Morgan fingerprint density at radius 2 is 1.67 bits per heavy atom. The average Bonchev–Trinajstić information content (AvgIpc) is 2.48. The lowest BCUT2D eigenvalue weighted by atomic mass is 10.2. The van der Waals surface area contributed by atoms with Crippen LogP contribution in [-0.2, 0) is 16.6 Å². The zero-order valence-electron chi connectivity index (χ0n) is 11.6. The molecule has 0 spiro atoms. The Labute approximate surface area is 134 Å². The molecule has 0 fully saturated rings. The fourth-order valence-corrected chi connectivity index (χ4v) is 2.90. The third kappa shape index (κ3) is 4.81. The van der Waals surface area contributed by atoms with Crippen LogP contribution < -0.4 is 0 Å². The molecule has 0 saturated carbocycles. The van der Waals surface area contributed by atoms with E-state index >= 15 is 0 Å². The lowest BCUT2D eigenvalue weighted by molar-refractivity contribution is 0.475. The standard InChI is InChI=1S/C16H16BrNO2S/c1-18(13-15-7-9-16(17)10-8-15)21(19,20)12-11-14-5-3-2-4-6-14/h2-12H,13H2,1H3/b12-11+. The van der Waals surface area contributed by atoms with Crippen molar-refractivity contribution in [3.63, 3.8) is 0 Å². The first-order valence-electron chi connectivity index (χ1n) is 6.41. The van der Waals surface area contributed by atoms with Crippen molar-refractivity contribution < 1.29 is 8.42 Å². The molecule has 0 unspecified atom stereocenters. The van der Waals surface area contributed by atoms with Gasteiger partial charge in [0.1, 0.15) is 0 Å². The van der Waals surface area contributed by atoms with Crippen molar-refractivity contribution in [3.8, 4) is 0 Å². The molecule has 0 N–H and O–H groups in total. The van der Waals surface area contributed by atoms with E-state index in [-0.39, 0.29) is 0 Å².